The predicted octanol–water partition coefficient (Wildman–Crippen LogP) is 4.08. The number of esters is 1. The highest BCUT2D eigenvalue weighted by Gasteiger charge is 2.32. The molecule has 4 rings (SSSR count). The van der Waals surface area contributed by atoms with Gasteiger partial charge in [-0.05, 0) is 32.3 Å². The van der Waals surface area contributed by atoms with Gasteiger partial charge in [0.1, 0.15) is 4.83 Å². The van der Waals surface area contributed by atoms with Crippen molar-refractivity contribution in [2.24, 2.45) is 0 Å². The van der Waals surface area contributed by atoms with Gasteiger partial charge in [0.2, 0.25) is 0 Å². The minimum atomic E-state index is -0.310. The molecule has 2 aromatic rings. The zero-order chi connectivity index (χ0) is 19.9. The van der Waals surface area contributed by atoms with Gasteiger partial charge in [-0.15, -0.1) is 11.3 Å². The second kappa shape index (κ2) is 7.80. The van der Waals surface area contributed by atoms with Crippen LogP contribution in [0.1, 0.15) is 62.4 Å². The van der Waals surface area contributed by atoms with E-state index >= 15 is 0 Å². The van der Waals surface area contributed by atoms with Gasteiger partial charge in [-0.1, -0.05) is 31.0 Å². The van der Waals surface area contributed by atoms with Crippen LogP contribution in [0.3, 0.4) is 0 Å². The van der Waals surface area contributed by atoms with E-state index in [0.717, 1.165) is 52.8 Å². The van der Waals surface area contributed by atoms with Crippen molar-refractivity contribution in [1.82, 2.24) is 9.55 Å². The van der Waals surface area contributed by atoms with E-state index in [2.05, 4.69) is 13.8 Å². The standard InChI is InChI=1S/C20H26N2O4S2/c1-20(2)9-13-14(10-26-20)28-17-16(13)18(24)22(12-7-5-4-6-8-12)19(21-17)27-11-15(23)25-3/h12H,4-11H2,1-3H3. The highest BCUT2D eigenvalue weighted by molar-refractivity contribution is 7.99. The normalized spacial score (nSPS) is 19.5. The number of rotatable bonds is 4. The molecule has 2 aliphatic rings. The number of thioether (sulfide) groups is 1. The third-order valence-electron chi connectivity index (χ3n) is 5.59. The van der Waals surface area contributed by atoms with Crippen LogP contribution in [0, 0.1) is 0 Å². The maximum Gasteiger partial charge on any atom is 0.316 e. The van der Waals surface area contributed by atoms with Crippen molar-refractivity contribution in [3.8, 4) is 0 Å². The monoisotopic (exact) mass is 422 g/mol. The summed E-state index contributed by atoms with van der Waals surface area (Å²) in [7, 11) is 1.38. The Morgan fingerprint density at radius 2 is 2.11 bits per heavy atom. The lowest BCUT2D eigenvalue weighted by molar-refractivity contribution is -0.137. The first-order valence-electron chi connectivity index (χ1n) is 9.80. The number of carbonyl (C=O) groups is 1. The van der Waals surface area contributed by atoms with E-state index in [1.165, 1.54) is 25.3 Å². The molecule has 0 bridgehead atoms. The summed E-state index contributed by atoms with van der Waals surface area (Å²) in [5.41, 5.74) is 0.865. The van der Waals surface area contributed by atoms with E-state index in [9.17, 15) is 9.59 Å². The first-order valence-corrected chi connectivity index (χ1v) is 11.6. The number of fused-ring (bicyclic) bond motifs is 3. The lowest BCUT2D eigenvalue weighted by Crippen LogP contribution is -2.33. The number of thiophene rings is 1. The third-order valence-corrected chi connectivity index (χ3v) is 7.62. The van der Waals surface area contributed by atoms with Crippen LogP contribution in [0.15, 0.2) is 9.95 Å². The van der Waals surface area contributed by atoms with Gasteiger partial charge in [-0.2, -0.15) is 0 Å². The number of carbonyl (C=O) groups excluding carboxylic acids is 1. The molecular formula is C20H26N2O4S2. The smallest absolute Gasteiger partial charge is 0.316 e. The van der Waals surface area contributed by atoms with E-state index in [1.807, 2.05) is 4.57 Å². The summed E-state index contributed by atoms with van der Waals surface area (Å²) in [6.45, 7) is 4.65. The van der Waals surface area contributed by atoms with Crippen LogP contribution < -0.4 is 5.56 Å². The number of ether oxygens (including phenoxy) is 2. The maximum absolute atomic E-state index is 13.7. The molecule has 0 spiro atoms. The molecule has 6 nitrogen and oxygen atoms in total. The number of hydrogen-bond donors (Lipinski definition) is 0. The Balaban J connectivity index is 1.85. The van der Waals surface area contributed by atoms with Crippen molar-refractivity contribution < 1.29 is 14.3 Å². The second-order valence-electron chi connectivity index (χ2n) is 8.14. The topological polar surface area (TPSA) is 70.4 Å². The molecule has 152 valence electrons. The Hall–Kier alpha value is -1.38. The summed E-state index contributed by atoms with van der Waals surface area (Å²) < 4.78 is 12.6. The van der Waals surface area contributed by atoms with Gasteiger partial charge in [0, 0.05) is 17.3 Å². The molecule has 3 heterocycles. The van der Waals surface area contributed by atoms with Crippen LogP contribution in [0.2, 0.25) is 0 Å². The van der Waals surface area contributed by atoms with E-state index in [-0.39, 0.29) is 28.9 Å². The summed E-state index contributed by atoms with van der Waals surface area (Å²) in [5.74, 6) is -0.155. The van der Waals surface area contributed by atoms with Crippen LogP contribution in [0.5, 0.6) is 0 Å². The molecule has 0 N–H and O–H groups in total. The summed E-state index contributed by atoms with van der Waals surface area (Å²) in [6, 6.07) is 0.154. The van der Waals surface area contributed by atoms with Gasteiger partial charge < -0.3 is 9.47 Å². The summed E-state index contributed by atoms with van der Waals surface area (Å²) in [4.78, 5) is 32.1. The number of hydrogen-bond acceptors (Lipinski definition) is 7. The SMILES string of the molecule is COC(=O)CSc1nc2sc3c(c2c(=O)n1C1CCCCC1)CC(C)(C)OC3. The minimum absolute atomic E-state index is 0.0412. The summed E-state index contributed by atoms with van der Waals surface area (Å²) in [6.07, 6.45) is 6.15. The van der Waals surface area contributed by atoms with Crippen molar-refractivity contribution in [3.05, 3.63) is 20.8 Å². The average Bonchev–Trinajstić information content (AvgIpc) is 3.03. The van der Waals surface area contributed by atoms with Gasteiger partial charge in [-0.3, -0.25) is 14.2 Å². The molecule has 0 amide bonds. The fourth-order valence-corrected chi connectivity index (χ4v) is 6.17. The zero-order valence-electron chi connectivity index (χ0n) is 16.6. The summed E-state index contributed by atoms with van der Waals surface area (Å²) in [5, 5.41) is 1.39. The molecule has 0 radical (unpaired) electrons. The first-order chi connectivity index (χ1) is 13.4. The van der Waals surface area contributed by atoms with E-state index < -0.39 is 0 Å². The second-order valence-corrected chi connectivity index (χ2v) is 10.2. The quantitative estimate of drug-likeness (QED) is 0.420. The fourth-order valence-electron chi connectivity index (χ4n) is 4.13. The van der Waals surface area contributed by atoms with Crippen LogP contribution in [-0.2, 0) is 27.3 Å². The molecule has 28 heavy (non-hydrogen) atoms. The first kappa shape index (κ1) is 19.9. The van der Waals surface area contributed by atoms with Gasteiger partial charge in [-0.25, -0.2) is 4.98 Å². The molecule has 0 unspecified atom stereocenters. The molecule has 8 heteroatoms. The van der Waals surface area contributed by atoms with Crippen molar-refractivity contribution in [2.45, 2.75) is 75.8 Å². The molecule has 1 aliphatic heterocycles. The number of methoxy groups -OCH3 is 1. The van der Waals surface area contributed by atoms with Crippen molar-refractivity contribution in [1.29, 1.82) is 0 Å². The zero-order valence-corrected chi connectivity index (χ0v) is 18.2. The fraction of sp³-hybridized carbons (Fsp3) is 0.650. The maximum atomic E-state index is 13.7. The Morgan fingerprint density at radius 3 is 2.82 bits per heavy atom. The molecule has 1 saturated carbocycles. The Kier molecular flexibility index (Phi) is 5.55. The Labute approximate surface area is 172 Å². The lowest BCUT2D eigenvalue weighted by Gasteiger charge is -2.30. The van der Waals surface area contributed by atoms with Crippen LogP contribution in [-0.4, -0.2) is 34.0 Å². The molecular weight excluding hydrogens is 396 g/mol. The van der Waals surface area contributed by atoms with Crippen LogP contribution >= 0.6 is 23.1 Å². The average molecular weight is 423 g/mol. The molecule has 1 fully saturated rings. The number of aromatic nitrogens is 2. The molecule has 0 aromatic carbocycles. The van der Waals surface area contributed by atoms with E-state index in [0.29, 0.717) is 11.8 Å². The lowest BCUT2D eigenvalue weighted by atomic mass is 9.93. The number of nitrogens with zero attached hydrogens (tertiary/aromatic N) is 2. The highest BCUT2D eigenvalue weighted by Crippen LogP contribution is 2.39. The van der Waals surface area contributed by atoms with Gasteiger partial charge in [0.25, 0.3) is 5.56 Å². The highest BCUT2D eigenvalue weighted by atomic mass is 32.2. The minimum Gasteiger partial charge on any atom is -0.468 e. The Morgan fingerprint density at radius 1 is 1.36 bits per heavy atom. The third kappa shape index (κ3) is 3.74. The van der Waals surface area contributed by atoms with Gasteiger partial charge in [0.05, 0.1) is 30.5 Å². The van der Waals surface area contributed by atoms with E-state index in [1.54, 1.807) is 11.3 Å². The predicted molar refractivity (Wildman–Crippen MR) is 111 cm³/mol. The van der Waals surface area contributed by atoms with Gasteiger partial charge >= 0.3 is 5.97 Å². The molecule has 2 aromatic heterocycles. The van der Waals surface area contributed by atoms with Crippen molar-refractivity contribution in [2.75, 3.05) is 12.9 Å². The van der Waals surface area contributed by atoms with Crippen molar-refractivity contribution in [3.63, 3.8) is 0 Å². The Bertz CT molecular complexity index is 957. The van der Waals surface area contributed by atoms with Gasteiger partial charge in [0.15, 0.2) is 5.16 Å². The molecule has 0 saturated heterocycles. The van der Waals surface area contributed by atoms with Crippen LogP contribution in [0.25, 0.3) is 10.2 Å². The molecule has 0 atom stereocenters. The largest absolute Gasteiger partial charge is 0.468 e. The summed E-state index contributed by atoms with van der Waals surface area (Å²) >= 11 is 2.85. The van der Waals surface area contributed by atoms with Crippen molar-refractivity contribution >= 4 is 39.3 Å². The molecule has 1 aliphatic carbocycles. The van der Waals surface area contributed by atoms with Crippen LogP contribution in [0.4, 0.5) is 0 Å². The van der Waals surface area contributed by atoms with E-state index in [4.69, 9.17) is 14.5 Å².